The van der Waals surface area contributed by atoms with Crippen molar-refractivity contribution < 1.29 is 4.79 Å². The number of halogens is 1. The van der Waals surface area contributed by atoms with Crippen LogP contribution < -0.4 is 5.32 Å². The number of nitrogens with one attached hydrogen (secondary N) is 1. The number of carbonyl (C=O) groups excluding carboxylic acids is 1. The molecular formula is C25H26ClN3O. The van der Waals surface area contributed by atoms with Crippen molar-refractivity contribution in [1.29, 1.82) is 0 Å². The lowest BCUT2D eigenvalue weighted by Crippen LogP contribution is -2.40. The minimum Gasteiger partial charge on any atom is -0.349 e. The van der Waals surface area contributed by atoms with Gasteiger partial charge in [0.2, 0.25) is 0 Å². The Hall–Kier alpha value is -2.59. The minimum atomic E-state index is -0.0580. The molecule has 4 nitrogen and oxygen atoms in total. The smallest absolute Gasteiger partial charge is 0.255 e. The molecule has 2 aromatic carbocycles. The number of rotatable bonds is 5. The average Bonchev–Trinajstić information content (AvgIpc) is 3.50. The Labute approximate surface area is 182 Å². The summed E-state index contributed by atoms with van der Waals surface area (Å²) < 4.78 is 1.78. The summed E-state index contributed by atoms with van der Waals surface area (Å²) >= 11 is 6.07. The van der Waals surface area contributed by atoms with Crippen LogP contribution in [0.2, 0.25) is 5.02 Å². The number of para-hydroxylation sites is 1. The monoisotopic (exact) mass is 419 g/mol. The molecule has 30 heavy (non-hydrogen) atoms. The van der Waals surface area contributed by atoms with Crippen LogP contribution in [0.25, 0.3) is 16.9 Å². The number of hydrogen-bond acceptors (Lipinski definition) is 2. The van der Waals surface area contributed by atoms with Crippen LogP contribution in [-0.2, 0) is 0 Å². The molecule has 2 fully saturated rings. The molecule has 2 aliphatic rings. The van der Waals surface area contributed by atoms with E-state index in [0.717, 1.165) is 23.1 Å². The molecule has 5 heteroatoms. The molecule has 2 saturated carbocycles. The summed E-state index contributed by atoms with van der Waals surface area (Å²) in [5, 5.41) is 8.71. The summed E-state index contributed by atoms with van der Waals surface area (Å²) in [6.45, 7) is 2.16. The molecule has 2 aliphatic carbocycles. The Morgan fingerprint density at radius 3 is 2.53 bits per heavy atom. The lowest BCUT2D eigenvalue weighted by atomic mass is 9.84. The van der Waals surface area contributed by atoms with Gasteiger partial charge in [-0.2, -0.15) is 5.10 Å². The van der Waals surface area contributed by atoms with E-state index < -0.39 is 0 Å². The molecule has 154 valence electrons. The zero-order valence-corrected chi connectivity index (χ0v) is 17.8. The summed E-state index contributed by atoms with van der Waals surface area (Å²) in [6.07, 6.45) is 7.11. The number of benzene rings is 2. The van der Waals surface area contributed by atoms with E-state index in [1.165, 1.54) is 25.7 Å². The van der Waals surface area contributed by atoms with Gasteiger partial charge in [0.25, 0.3) is 5.91 Å². The van der Waals surface area contributed by atoms with Crippen LogP contribution in [-0.4, -0.2) is 21.7 Å². The molecule has 0 radical (unpaired) electrons. The van der Waals surface area contributed by atoms with Crippen LogP contribution in [0.1, 0.15) is 43.0 Å². The lowest BCUT2D eigenvalue weighted by molar-refractivity contribution is 0.0916. The van der Waals surface area contributed by atoms with Crippen LogP contribution in [0, 0.1) is 17.8 Å². The van der Waals surface area contributed by atoms with Crippen molar-refractivity contribution in [3.8, 4) is 16.9 Å². The van der Waals surface area contributed by atoms with Crippen molar-refractivity contribution in [2.24, 2.45) is 17.8 Å². The number of aromatic nitrogens is 2. The SMILES string of the molecule is C[C@H](NC(=O)c1cn(-c2ccccc2)nc1-c1ccc(Cl)cc1)[C@H]1C[C@H]2CC[C@H]1C2. The third-order valence-electron chi connectivity index (χ3n) is 6.89. The van der Waals surface area contributed by atoms with Crippen molar-refractivity contribution in [3.63, 3.8) is 0 Å². The Morgan fingerprint density at radius 2 is 1.87 bits per heavy atom. The van der Waals surface area contributed by atoms with Crippen molar-refractivity contribution >= 4 is 17.5 Å². The van der Waals surface area contributed by atoms with Gasteiger partial charge in [0.05, 0.1) is 11.3 Å². The molecule has 0 aliphatic heterocycles. The molecule has 5 rings (SSSR count). The highest BCUT2D eigenvalue weighted by Crippen LogP contribution is 2.49. The van der Waals surface area contributed by atoms with E-state index in [1.807, 2.05) is 60.8 Å². The molecule has 1 aromatic heterocycles. The van der Waals surface area contributed by atoms with E-state index in [0.29, 0.717) is 22.2 Å². The Bertz CT molecular complexity index is 1040. The van der Waals surface area contributed by atoms with Gasteiger partial charge in [0.1, 0.15) is 5.69 Å². The van der Waals surface area contributed by atoms with Crippen molar-refractivity contribution in [2.45, 2.75) is 38.6 Å². The van der Waals surface area contributed by atoms with Gasteiger partial charge < -0.3 is 5.32 Å². The van der Waals surface area contributed by atoms with Gasteiger partial charge in [0.15, 0.2) is 0 Å². The van der Waals surface area contributed by atoms with Crippen molar-refractivity contribution in [1.82, 2.24) is 15.1 Å². The predicted molar refractivity (Wildman–Crippen MR) is 120 cm³/mol. The Kier molecular flexibility index (Phi) is 5.11. The first-order chi connectivity index (χ1) is 14.6. The molecule has 1 N–H and O–H groups in total. The van der Waals surface area contributed by atoms with E-state index in [2.05, 4.69) is 12.2 Å². The fourth-order valence-electron chi connectivity index (χ4n) is 5.37. The van der Waals surface area contributed by atoms with Gasteiger partial charge in [0, 0.05) is 22.8 Å². The van der Waals surface area contributed by atoms with E-state index in [1.54, 1.807) is 4.68 Å². The molecule has 2 bridgehead atoms. The lowest BCUT2D eigenvalue weighted by Gasteiger charge is -2.28. The second kappa shape index (κ2) is 7.92. The molecule has 4 atom stereocenters. The van der Waals surface area contributed by atoms with Gasteiger partial charge in [-0.05, 0) is 68.2 Å². The Balaban J connectivity index is 1.45. The fourth-order valence-corrected chi connectivity index (χ4v) is 5.50. The molecule has 0 unspecified atom stereocenters. The van der Waals surface area contributed by atoms with Crippen LogP contribution in [0.15, 0.2) is 60.8 Å². The highest BCUT2D eigenvalue weighted by molar-refractivity contribution is 6.30. The predicted octanol–water partition coefficient (Wildman–Crippen LogP) is 5.75. The fraction of sp³-hybridized carbons (Fsp3) is 0.360. The number of hydrogen-bond donors (Lipinski definition) is 1. The van der Waals surface area contributed by atoms with Crippen molar-refractivity contribution in [3.05, 3.63) is 71.4 Å². The maximum atomic E-state index is 13.3. The average molecular weight is 420 g/mol. The number of carbonyl (C=O) groups is 1. The molecule has 1 heterocycles. The summed E-state index contributed by atoms with van der Waals surface area (Å²) in [4.78, 5) is 13.3. The zero-order valence-electron chi connectivity index (χ0n) is 17.1. The third-order valence-corrected chi connectivity index (χ3v) is 7.14. The largest absolute Gasteiger partial charge is 0.349 e. The van der Waals surface area contributed by atoms with E-state index in [4.69, 9.17) is 16.7 Å². The van der Waals surface area contributed by atoms with Gasteiger partial charge in [-0.3, -0.25) is 4.79 Å². The highest BCUT2D eigenvalue weighted by Gasteiger charge is 2.42. The van der Waals surface area contributed by atoms with Gasteiger partial charge >= 0.3 is 0 Å². The number of amides is 1. The normalized spacial score (nSPS) is 23.5. The topological polar surface area (TPSA) is 46.9 Å². The molecule has 1 amide bonds. The highest BCUT2D eigenvalue weighted by atomic mass is 35.5. The standard InChI is InChI=1S/C25H26ClN3O/c1-16(22-14-17-7-8-19(22)13-17)27-25(30)23-15-29(21-5-3-2-4-6-21)28-24(23)18-9-11-20(26)12-10-18/h2-6,9-12,15-17,19,22H,7-8,13-14H2,1H3,(H,27,30)/t16-,17-,19-,22+/m0/s1. The van der Waals surface area contributed by atoms with E-state index >= 15 is 0 Å². The number of nitrogens with zero attached hydrogens (tertiary/aromatic N) is 2. The maximum Gasteiger partial charge on any atom is 0.255 e. The first kappa shape index (κ1) is 19.4. The maximum absolute atomic E-state index is 13.3. The van der Waals surface area contributed by atoms with Crippen LogP contribution in [0.3, 0.4) is 0 Å². The summed E-state index contributed by atoms with van der Waals surface area (Å²) in [5.74, 6) is 2.17. The van der Waals surface area contributed by atoms with Gasteiger partial charge in [-0.25, -0.2) is 4.68 Å². The zero-order chi connectivity index (χ0) is 20.7. The third kappa shape index (κ3) is 3.65. The summed E-state index contributed by atoms with van der Waals surface area (Å²) in [6, 6.07) is 17.5. The van der Waals surface area contributed by atoms with Crippen LogP contribution in [0.4, 0.5) is 0 Å². The van der Waals surface area contributed by atoms with E-state index in [-0.39, 0.29) is 11.9 Å². The van der Waals surface area contributed by atoms with Crippen molar-refractivity contribution in [2.75, 3.05) is 0 Å². The van der Waals surface area contributed by atoms with E-state index in [9.17, 15) is 4.79 Å². The van der Waals surface area contributed by atoms with Crippen LogP contribution >= 0.6 is 11.6 Å². The van der Waals surface area contributed by atoms with Gasteiger partial charge in [-0.15, -0.1) is 0 Å². The minimum absolute atomic E-state index is 0.0580. The quantitative estimate of drug-likeness (QED) is 0.572. The van der Waals surface area contributed by atoms with Crippen LogP contribution in [0.5, 0.6) is 0 Å². The first-order valence-electron chi connectivity index (χ1n) is 10.8. The first-order valence-corrected chi connectivity index (χ1v) is 11.2. The molecular weight excluding hydrogens is 394 g/mol. The molecule has 0 spiro atoms. The molecule has 3 aromatic rings. The summed E-state index contributed by atoms with van der Waals surface area (Å²) in [5.41, 5.74) is 3.07. The second-order valence-electron chi connectivity index (χ2n) is 8.78. The summed E-state index contributed by atoms with van der Waals surface area (Å²) in [7, 11) is 0. The number of fused-ring (bicyclic) bond motifs is 2. The second-order valence-corrected chi connectivity index (χ2v) is 9.22. The Morgan fingerprint density at radius 1 is 1.10 bits per heavy atom. The van der Waals surface area contributed by atoms with Gasteiger partial charge in [-0.1, -0.05) is 48.4 Å². The molecule has 0 saturated heterocycles.